The number of aliphatic hydroxyl groups excluding tert-OH is 5. The monoisotopic (exact) mass is 724 g/mol. The average molecular weight is 724 g/mol. The molecule has 6 N–H and O–H groups in total. The molecule has 7 atom stereocenters. The number of aliphatic hydroxyl groups is 5. The fourth-order valence-electron chi connectivity index (χ4n) is 6.28. The third-order valence-electron chi connectivity index (χ3n) is 9.69. The van der Waals surface area contributed by atoms with Crippen molar-refractivity contribution in [2.45, 2.75) is 211 Å². The van der Waals surface area contributed by atoms with Crippen molar-refractivity contribution in [2.24, 2.45) is 0 Å². The van der Waals surface area contributed by atoms with E-state index in [0.29, 0.717) is 6.42 Å². The van der Waals surface area contributed by atoms with Crippen LogP contribution in [0.5, 0.6) is 0 Å². The summed E-state index contributed by atoms with van der Waals surface area (Å²) < 4.78 is 11.1. The van der Waals surface area contributed by atoms with Gasteiger partial charge in [0.1, 0.15) is 24.4 Å². The summed E-state index contributed by atoms with van der Waals surface area (Å²) in [6.45, 7) is 3.70. The first-order valence-electron chi connectivity index (χ1n) is 20.7. The Morgan fingerprint density at radius 1 is 0.647 bits per heavy atom. The zero-order valence-corrected chi connectivity index (χ0v) is 32.4. The van der Waals surface area contributed by atoms with Crippen molar-refractivity contribution < 1.29 is 39.8 Å². The van der Waals surface area contributed by atoms with Crippen LogP contribution in [0.25, 0.3) is 0 Å². The highest BCUT2D eigenvalue weighted by atomic mass is 16.7. The van der Waals surface area contributed by atoms with Crippen LogP contribution in [-0.2, 0) is 14.3 Å². The molecular weight excluding hydrogens is 646 g/mol. The van der Waals surface area contributed by atoms with Crippen LogP contribution in [-0.4, -0.2) is 87.5 Å². The summed E-state index contributed by atoms with van der Waals surface area (Å²) in [5.41, 5.74) is 0. The van der Waals surface area contributed by atoms with E-state index in [2.05, 4.69) is 43.5 Å². The predicted molar refractivity (Wildman–Crippen MR) is 207 cm³/mol. The molecule has 0 aliphatic carbocycles. The largest absolute Gasteiger partial charge is 0.394 e. The van der Waals surface area contributed by atoms with Crippen molar-refractivity contribution in [3.63, 3.8) is 0 Å². The molecule has 1 fully saturated rings. The van der Waals surface area contributed by atoms with Crippen LogP contribution < -0.4 is 5.32 Å². The summed E-state index contributed by atoms with van der Waals surface area (Å²) in [5, 5.41) is 53.9. The molecule has 1 rings (SSSR count). The number of allylic oxidation sites excluding steroid dienone is 5. The number of ether oxygens (including phenoxy) is 2. The molecule has 2 unspecified atom stereocenters. The van der Waals surface area contributed by atoms with Gasteiger partial charge in [-0.05, 0) is 57.8 Å². The molecule has 0 spiro atoms. The minimum atomic E-state index is -1.57. The topological polar surface area (TPSA) is 149 Å². The molecule has 1 amide bonds. The zero-order chi connectivity index (χ0) is 37.4. The number of unbranched alkanes of at least 4 members (excludes halogenated alkanes) is 19. The highest BCUT2D eigenvalue weighted by Gasteiger charge is 2.44. The number of carbonyl (C=O) groups is 1. The van der Waals surface area contributed by atoms with Crippen LogP contribution in [0.15, 0.2) is 36.5 Å². The molecule has 1 aliphatic rings. The van der Waals surface area contributed by atoms with Gasteiger partial charge in [-0.15, -0.1) is 0 Å². The number of carbonyl (C=O) groups excluding carboxylic acids is 1. The van der Waals surface area contributed by atoms with E-state index in [-0.39, 0.29) is 12.5 Å². The second-order valence-electron chi connectivity index (χ2n) is 14.4. The van der Waals surface area contributed by atoms with Crippen LogP contribution in [0.3, 0.4) is 0 Å². The van der Waals surface area contributed by atoms with Crippen molar-refractivity contribution in [1.82, 2.24) is 5.32 Å². The van der Waals surface area contributed by atoms with Crippen molar-refractivity contribution in [3.05, 3.63) is 36.5 Å². The SMILES string of the molecule is CCCCCCC/C=C/CC/C=C/[C@@H](O)[C@H](CO[C@H]1O[C@@H](CO)[C@H](O)C(O)C1O)NC(=O)CCCCCCCCC/C=C/CCCCCCCC. The second kappa shape index (κ2) is 33.0. The van der Waals surface area contributed by atoms with E-state index < -0.39 is 49.5 Å². The fourth-order valence-corrected chi connectivity index (χ4v) is 6.28. The normalized spacial score (nSPS) is 22.4. The van der Waals surface area contributed by atoms with Gasteiger partial charge in [-0.1, -0.05) is 140 Å². The number of nitrogens with one attached hydrogen (secondary N) is 1. The quantitative estimate of drug-likeness (QED) is 0.0298. The van der Waals surface area contributed by atoms with E-state index >= 15 is 0 Å². The molecule has 298 valence electrons. The number of rotatable bonds is 33. The zero-order valence-electron chi connectivity index (χ0n) is 32.4. The van der Waals surface area contributed by atoms with Gasteiger partial charge in [0.15, 0.2) is 6.29 Å². The van der Waals surface area contributed by atoms with E-state index in [1.165, 1.54) is 96.3 Å². The van der Waals surface area contributed by atoms with E-state index in [0.717, 1.165) is 51.4 Å². The van der Waals surface area contributed by atoms with Crippen molar-refractivity contribution in [3.8, 4) is 0 Å². The Bertz CT molecular complexity index is 894. The molecule has 0 aromatic heterocycles. The summed E-state index contributed by atoms with van der Waals surface area (Å²) in [6.07, 6.45) is 31.9. The second-order valence-corrected chi connectivity index (χ2v) is 14.4. The molecule has 1 heterocycles. The lowest BCUT2D eigenvalue weighted by Crippen LogP contribution is -2.60. The van der Waals surface area contributed by atoms with E-state index in [1.54, 1.807) is 6.08 Å². The van der Waals surface area contributed by atoms with E-state index in [4.69, 9.17) is 9.47 Å². The number of amides is 1. The van der Waals surface area contributed by atoms with Crippen LogP contribution >= 0.6 is 0 Å². The van der Waals surface area contributed by atoms with Crippen LogP contribution in [0.4, 0.5) is 0 Å². The lowest BCUT2D eigenvalue weighted by Gasteiger charge is -2.40. The van der Waals surface area contributed by atoms with E-state index in [9.17, 15) is 30.3 Å². The van der Waals surface area contributed by atoms with Gasteiger partial charge in [0.2, 0.25) is 5.91 Å². The Morgan fingerprint density at radius 3 is 1.65 bits per heavy atom. The predicted octanol–water partition coefficient (Wildman–Crippen LogP) is 7.72. The Kier molecular flexibility index (Phi) is 30.7. The van der Waals surface area contributed by atoms with Crippen molar-refractivity contribution >= 4 is 5.91 Å². The summed E-state index contributed by atoms with van der Waals surface area (Å²) in [6, 6.07) is -0.820. The number of hydrogen-bond acceptors (Lipinski definition) is 8. The Labute approximate surface area is 311 Å². The summed E-state index contributed by atoms with van der Waals surface area (Å²) in [4.78, 5) is 12.9. The molecular formula is C42H77NO8. The maximum absolute atomic E-state index is 12.9. The summed E-state index contributed by atoms with van der Waals surface area (Å²) >= 11 is 0. The minimum Gasteiger partial charge on any atom is -0.394 e. The molecule has 0 saturated carbocycles. The van der Waals surface area contributed by atoms with Gasteiger partial charge in [-0.2, -0.15) is 0 Å². The van der Waals surface area contributed by atoms with Gasteiger partial charge in [-0.25, -0.2) is 0 Å². The van der Waals surface area contributed by atoms with Gasteiger partial charge in [-0.3, -0.25) is 4.79 Å². The molecule has 51 heavy (non-hydrogen) atoms. The Morgan fingerprint density at radius 2 is 1.12 bits per heavy atom. The summed E-state index contributed by atoms with van der Waals surface area (Å²) in [5.74, 6) is -0.195. The third-order valence-corrected chi connectivity index (χ3v) is 9.69. The van der Waals surface area contributed by atoms with Crippen LogP contribution in [0.2, 0.25) is 0 Å². The first-order valence-corrected chi connectivity index (χ1v) is 20.7. The maximum atomic E-state index is 12.9. The molecule has 1 aliphatic heterocycles. The number of hydrogen-bond donors (Lipinski definition) is 6. The third kappa shape index (κ3) is 24.4. The fraction of sp³-hybridized carbons (Fsp3) is 0.833. The molecule has 0 bridgehead atoms. The van der Waals surface area contributed by atoms with Gasteiger partial charge >= 0.3 is 0 Å². The average Bonchev–Trinajstić information content (AvgIpc) is 3.13. The lowest BCUT2D eigenvalue weighted by molar-refractivity contribution is -0.302. The van der Waals surface area contributed by atoms with Crippen molar-refractivity contribution in [2.75, 3.05) is 13.2 Å². The molecule has 9 nitrogen and oxygen atoms in total. The molecule has 1 saturated heterocycles. The summed E-state index contributed by atoms with van der Waals surface area (Å²) in [7, 11) is 0. The molecule has 9 heteroatoms. The lowest BCUT2D eigenvalue weighted by atomic mass is 9.99. The highest BCUT2D eigenvalue weighted by molar-refractivity contribution is 5.76. The smallest absolute Gasteiger partial charge is 0.220 e. The minimum absolute atomic E-state index is 0.195. The first-order chi connectivity index (χ1) is 24.8. The standard InChI is InChI=1S/C42H77NO8/c1-3-5-7-9-11-13-15-16-17-18-19-20-22-24-26-28-30-32-38(46)43-35(34-50-42-41(49)40(48)39(47)37(33-44)51-42)36(45)31-29-27-25-23-21-14-12-10-8-6-4-2/h16-17,21,23,29,31,35-37,39-42,44-45,47-49H,3-15,18-20,22,24-28,30,32-34H2,1-2H3,(H,43,46)/b17-16+,23-21+,31-29+/t35-,36+,37-,39-,40?,41?,42-/m0/s1. The van der Waals surface area contributed by atoms with Gasteiger partial charge in [0.05, 0.1) is 25.4 Å². The van der Waals surface area contributed by atoms with Gasteiger partial charge < -0.3 is 40.3 Å². The maximum Gasteiger partial charge on any atom is 0.220 e. The Hall–Kier alpha value is -1.59. The van der Waals surface area contributed by atoms with Gasteiger partial charge in [0.25, 0.3) is 0 Å². The Balaban J connectivity index is 2.41. The van der Waals surface area contributed by atoms with Gasteiger partial charge in [0, 0.05) is 6.42 Å². The molecule has 0 aromatic carbocycles. The van der Waals surface area contributed by atoms with Crippen LogP contribution in [0.1, 0.15) is 168 Å². The molecule has 0 aromatic rings. The highest BCUT2D eigenvalue weighted by Crippen LogP contribution is 2.22. The van der Waals surface area contributed by atoms with Crippen molar-refractivity contribution in [1.29, 1.82) is 0 Å². The van der Waals surface area contributed by atoms with Crippen LogP contribution in [0, 0.1) is 0 Å². The molecule has 0 radical (unpaired) electrons. The van der Waals surface area contributed by atoms with E-state index in [1.807, 2.05) is 6.08 Å². The first kappa shape index (κ1) is 47.4.